The van der Waals surface area contributed by atoms with Crippen molar-refractivity contribution in [2.24, 2.45) is 5.92 Å². The molecule has 0 N–H and O–H groups in total. The first-order valence-corrected chi connectivity index (χ1v) is 6.16. The van der Waals surface area contributed by atoms with Crippen LogP contribution in [0.3, 0.4) is 0 Å². The molecule has 0 fully saturated rings. The van der Waals surface area contributed by atoms with Gasteiger partial charge in [-0.25, -0.2) is 0 Å². The Morgan fingerprint density at radius 3 is 2.65 bits per heavy atom. The van der Waals surface area contributed by atoms with Gasteiger partial charge in [0.25, 0.3) is 5.69 Å². The Hall–Kier alpha value is -1.23. The van der Waals surface area contributed by atoms with Crippen LogP contribution in [0.1, 0.15) is 25.8 Å². The highest BCUT2D eigenvalue weighted by atomic mass is 79.9. The van der Waals surface area contributed by atoms with Crippen molar-refractivity contribution in [2.45, 2.75) is 26.7 Å². The van der Waals surface area contributed by atoms with Gasteiger partial charge in [-0.1, -0.05) is 35.8 Å². The van der Waals surface area contributed by atoms with E-state index in [4.69, 9.17) is 0 Å². The molecule has 0 heterocycles. The van der Waals surface area contributed by atoms with Gasteiger partial charge < -0.3 is 0 Å². The molecule has 5 heteroatoms. The fourth-order valence-corrected chi connectivity index (χ4v) is 1.81. The number of nitro benzene ring substituents is 1. The van der Waals surface area contributed by atoms with E-state index < -0.39 is 4.92 Å². The molecular weight excluding hydrogens is 286 g/mol. The highest BCUT2D eigenvalue weighted by Gasteiger charge is 2.15. The smallest absolute Gasteiger partial charge is 0.273 e. The minimum Gasteiger partial charge on any atom is -0.299 e. The summed E-state index contributed by atoms with van der Waals surface area (Å²) in [7, 11) is 0. The number of hydrogen-bond acceptors (Lipinski definition) is 3. The largest absolute Gasteiger partial charge is 0.299 e. The number of Topliss-reactive ketones (excluding diaryl/α,β-unsaturated/α-hetero) is 1. The lowest BCUT2D eigenvalue weighted by molar-refractivity contribution is -0.385. The Labute approximate surface area is 108 Å². The van der Waals surface area contributed by atoms with Crippen molar-refractivity contribution in [2.75, 3.05) is 0 Å². The standard InChI is InChI=1S/C12H14BrNO3/c1-8(2)12(15)6-4-9-3-5-10(13)7-11(9)14(16)17/h3,5,7-8H,4,6H2,1-2H3. The Morgan fingerprint density at radius 1 is 1.47 bits per heavy atom. The van der Waals surface area contributed by atoms with Crippen molar-refractivity contribution in [1.29, 1.82) is 0 Å². The van der Waals surface area contributed by atoms with E-state index in [0.717, 1.165) is 0 Å². The summed E-state index contributed by atoms with van der Waals surface area (Å²) in [5, 5.41) is 10.9. The molecule has 1 aromatic rings. The third-order valence-electron chi connectivity index (χ3n) is 2.53. The van der Waals surface area contributed by atoms with Crippen molar-refractivity contribution >= 4 is 27.4 Å². The molecule has 0 saturated heterocycles. The van der Waals surface area contributed by atoms with Gasteiger partial charge in [-0.2, -0.15) is 0 Å². The Morgan fingerprint density at radius 2 is 2.12 bits per heavy atom. The maximum Gasteiger partial charge on any atom is 0.273 e. The molecule has 0 aliphatic rings. The molecule has 0 bridgehead atoms. The maximum atomic E-state index is 11.5. The monoisotopic (exact) mass is 299 g/mol. The van der Waals surface area contributed by atoms with Gasteiger partial charge in [0.15, 0.2) is 0 Å². The molecule has 17 heavy (non-hydrogen) atoms. The van der Waals surface area contributed by atoms with E-state index in [2.05, 4.69) is 15.9 Å². The van der Waals surface area contributed by atoms with Crippen molar-refractivity contribution in [3.8, 4) is 0 Å². The van der Waals surface area contributed by atoms with Crippen LogP contribution in [0.15, 0.2) is 22.7 Å². The van der Waals surface area contributed by atoms with Gasteiger partial charge in [-0.15, -0.1) is 0 Å². The highest BCUT2D eigenvalue weighted by Crippen LogP contribution is 2.24. The van der Waals surface area contributed by atoms with Crippen LogP contribution in [0.4, 0.5) is 5.69 Å². The van der Waals surface area contributed by atoms with E-state index in [0.29, 0.717) is 22.9 Å². The molecule has 0 amide bonds. The zero-order valence-corrected chi connectivity index (χ0v) is 11.4. The first-order valence-electron chi connectivity index (χ1n) is 5.37. The van der Waals surface area contributed by atoms with E-state index in [-0.39, 0.29) is 17.4 Å². The van der Waals surface area contributed by atoms with Crippen molar-refractivity contribution in [1.82, 2.24) is 0 Å². The SMILES string of the molecule is CC(C)C(=O)CCc1ccc(Br)cc1[N+](=O)[O-]. The van der Waals surface area contributed by atoms with Crippen LogP contribution in [-0.4, -0.2) is 10.7 Å². The first-order chi connectivity index (χ1) is 7.91. The third-order valence-corrected chi connectivity index (χ3v) is 3.02. The summed E-state index contributed by atoms with van der Waals surface area (Å²) >= 11 is 3.20. The van der Waals surface area contributed by atoms with E-state index >= 15 is 0 Å². The molecule has 0 unspecified atom stereocenters. The van der Waals surface area contributed by atoms with E-state index in [1.165, 1.54) is 6.07 Å². The summed E-state index contributed by atoms with van der Waals surface area (Å²) in [4.78, 5) is 21.9. The van der Waals surface area contributed by atoms with Gasteiger partial charge in [0, 0.05) is 28.4 Å². The van der Waals surface area contributed by atoms with Gasteiger partial charge in [-0.05, 0) is 12.5 Å². The minimum atomic E-state index is -0.417. The second-order valence-corrected chi connectivity index (χ2v) is 5.07. The second kappa shape index (κ2) is 5.91. The number of aryl methyl sites for hydroxylation is 1. The number of nitro groups is 1. The van der Waals surface area contributed by atoms with Crippen molar-refractivity contribution in [3.05, 3.63) is 38.3 Å². The van der Waals surface area contributed by atoms with E-state index in [1.54, 1.807) is 12.1 Å². The van der Waals surface area contributed by atoms with E-state index in [9.17, 15) is 14.9 Å². The molecule has 1 rings (SSSR count). The summed E-state index contributed by atoms with van der Waals surface area (Å²) in [5.41, 5.74) is 0.670. The fraction of sp³-hybridized carbons (Fsp3) is 0.417. The molecular formula is C12H14BrNO3. The second-order valence-electron chi connectivity index (χ2n) is 4.15. The van der Waals surface area contributed by atoms with Gasteiger partial charge in [0.1, 0.15) is 5.78 Å². The van der Waals surface area contributed by atoms with Gasteiger partial charge in [0.2, 0.25) is 0 Å². The molecule has 0 aromatic heterocycles. The predicted octanol–water partition coefficient (Wildman–Crippen LogP) is 3.52. The molecule has 0 radical (unpaired) electrons. The first kappa shape index (κ1) is 13.8. The lowest BCUT2D eigenvalue weighted by atomic mass is 10.0. The van der Waals surface area contributed by atoms with Gasteiger partial charge in [0.05, 0.1) is 4.92 Å². The van der Waals surface area contributed by atoms with Crippen LogP contribution in [0.5, 0.6) is 0 Å². The molecule has 92 valence electrons. The number of halogens is 1. The number of rotatable bonds is 5. The van der Waals surface area contributed by atoms with Crippen molar-refractivity contribution < 1.29 is 9.72 Å². The summed E-state index contributed by atoms with van der Waals surface area (Å²) in [5.74, 6) is 0.103. The van der Waals surface area contributed by atoms with Gasteiger partial charge in [-0.3, -0.25) is 14.9 Å². The molecule has 0 aliphatic heterocycles. The van der Waals surface area contributed by atoms with Crippen molar-refractivity contribution in [3.63, 3.8) is 0 Å². The Balaban J connectivity index is 2.84. The van der Waals surface area contributed by atoms with Crippen LogP contribution in [0.25, 0.3) is 0 Å². The molecule has 4 nitrogen and oxygen atoms in total. The molecule has 0 aliphatic carbocycles. The third kappa shape index (κ3) is 3.93. The quantitative estimate of drug-likeness (QED) is 0.617. The summed E-state index contributed by atoms with van der Waals surface area (Å²) in [6.07, 6.45) is 0.765. The number of benzene rings is 1. The summed E-state index contributed by atoms with van der Waals surface area (Å²) in [6.45, 7) is 3.66. The highest BCUT2D eigenvalue weighted by molar-refractivity contribution is 9.10. The van der Waals surface area contributed by atoms with Crippen LogP contribution in [0.2, 0.25) is 0 Å². The number of hydrogen-bond donors (Lipinski definition) is 0. The van der Waals surface area contributed by atoms with Crippen LogP contribution < -0.4 is 0 Å². The topological polar surface area (TPSA) is 60.2 Å². The molecule has 1 aromatic carbocycles. The number of nitrogens with zero attached hydrogens (tertiary/aromatic N) is 1. The van der Waals surface area contributed by atoms with Crippen LogP contribution >= 0.6 is 15.9 Å². The van der Waals surface area contributed by atoms with E-state index in [1.807, 2.05) is 13.8 Å². The lowest BCUT2D eigenvalue weighted by Crippen LogP contribution is -2.08. The lowest BCUT2D eigenvalue weighted by Gasteiger charge is -2.05. The Kier molecular flexibility index (Phi) is 4.81. The predicted molar refractivity (Wildman–Crippen MR) is 69.0 cm³/mol. The summed E-state index contributed by atoms with van der Waals surface area (Å²) in [6, 6.07) is 4.91. The minimum absolute atomic E-state index is 0.0236. The Bertz CT molecular complexity index is 443. The van der Waals surface area contributed by atoms with Crippen LogP contribution in [0, 0.1) is 16.0 Å². The molecule has 0 atom stereocenters. The van der Waals surface area contributed by atoms with Gasteiger partial charge >= 0.3 is 0 Å². The zero-order chi connectivity index (χ0) is 13.0. The molecule has 0 spiro atoms. The molecule has 0 saturated carbocycles. The number of carbonyl (C=O) groups is 1. The fourth-order valence-electron chi connectivity index (χ4n) is 1.46. The van der Waals surface area contributed by atoms with Crippen LogP contribution in [-0.2, 0) is 11.2 Å². The summed E-state index contributed by atoms with van der Waals surface area (Å²) < 4.78 is 0.670. The number of carbonyl (C=O) groups excluding carboxylic acids is 1. The average Bonchev–Trinajstić information content (AvgIpc) is 2.26. The number of ketones is 1. The zero-order valence-electron chi connectivity index (χ0n) is 9.77. The maximum absolute atomic E-state index is 11.5. The normalized spacial score (nSPS) is 10.6. The average molecular weight is 300 g/mol.